The lowest BCUT2D eigenvalue weighted by atomic mass is 9.75. The first kappa shape index (κ1) is 12.7. The SMILES string of the molecule is CCC(NC1CCC(C)(C)CC1)c1ccco1. The fraction of sp³-hybridized carbons (Fsp3) is 0.733. The van der Waals surface area contributed by atoms with E-state index in [0.29, 0.717) is 17.5 Å². The lowest BCUT2D eigenvalue weighted by molar-refractivity contribution is 0.193. The summed E-state index contributed by atoms with van der Waals surface area (Å²) in [6.45, 7) is 6.98. The molecule has 2 heteroatoms. The Balaban J connectivity index is 1.88. The number of hydrogen-bond acceptors (Lipinski definition) is 2. The Kier molecular flexibility index (Phi) is 3.93. The monoisotopic (exact) mass is 235 g/mol. The van der Waals surface area contributed by atoms with Crippen LogP contribution in [0.2, 0.25) is 0 Å². The molecule has 0 radical (unpaired) electrons. The van der Waals surface area contributed by atoms with Crippen molar-refractivity contribution in [1.29, 1.82) is 0 Å². The third kappa shape index (κ3) is 3.35. The molecule has 1 aliphatic rings. The topological polar surface area (TPSA) is 25.2 Å². The van der Waals surface area contributed by atoms with Crippen LogP contribution in [0.15, 0.2) is 22.8 Å². The number of hydrogen-bond donors (Lipinski definition) is 1. The second-order valence-electron chi connectivity index (χ2n) is 6.08. The van der Waals surface area contributed by atoms with E-state index >= 15 is 0 Å². The molecule has 0 amide bonds. The van der Waals surface area contributed by atoms with Gasteiger partial charge in [0.25, 0.3) is 0 Å². The van der Waals surface area contributed by atoms with Crippen molar-refractivity contribution in [1.82, 2.24) is 5.32 Å². The van der Waals surface area contributed by atoms with Crippen LogP contribution in [0.3, 0.4) is 0 Å². The molecule has 0 saturated heterocycles. The Labute approximate surface area is 105 Å². The molecule has 96 valence electrons. The fourth-order valence-electron chi connectivity index (χ4n) is 2.74. The van der Waals surface area contributed by atoms with Gasteiger partial charge in [0.15, 0.2) is 0 Å². The molecule has 1 aromatic heterocycles. The zero-order valence-electron chi connectivity index (χ0n) is 11.3. The fourth-order valence-corrected chi connectivity index (χ4v) is 2.74. The largest absolute Gasteiger partial charge is 0.468 e. The summed E-state index contributed by atoms with van der Waals surface area (Å²) in [5.74, 6) is 1.08. The van der Waals surface area contributed by atoms with Crippen molar-refractivity contribution in [3.05, 3.63) is 24.2 Å². The molecular weight excluding hydrogens is 210 g/mol. The molecule has 2 nitrogen and oxygen atoms in total. The molecule has 1 N–H and O–H groups in total. The third-order valence-corrected chi connectivity index (χ3v) is 4.07. The molecule has 0 aromatic carbocycles. The van der Waals surface area contributed by atoms with Crippen LogP contribution in [0.5, 0.6) is 0 Å². The first-order valence-electron chi connectivity index (χ1n) is 6.90. The average Bonchev–Trinajstić information content (AvgIpc) is 2.81. The minimum absolute atomic E-state index is 0.385. The molecule has 1 atom stereocenters. The van der Waals surface area contributed by atoms with E-state index < -0.39 is 0 Å². The Morgan fingerprint density at radius 1 is 1.41 bits per heavy atom. The van der Waals surface area contributed by atoms with Crippen molar-refractivity contribution < 1.29 is 4.42 Å². The van der Waals surface area contributed by atoms with E-state index in [1.54, 1.807) is 6.26 Å². The van der Waals surface area contributed by atoms with Crippen LogP contribution in [0.1, 0.15) is 64.7 Å². The molecule has 2 rings (SSSR count). The van der Waals surface area contributed by atoms with Gasteiger partial charge in [-0.3, -0.25) is 0 Å². The van der Waals surface area contributed by atoms with Crippen molar-refractivity contribution in [3.63, 3.8) is 0 Å². The Hall–Kier alpha value is -0.760. The van der Waals surface area contributed by atoms with Gasteiger partial charge in [-0.15, -0.1) is 0 Å². The van der Waals surface area contributed by atoms with E-state index in [-0.39, 0.29) is 0 Å². The van der Waals surface area contributed by atoms with Gasteiger partial charge in [0.05, 0.1) is 12.3 Å². The summed E-state index contributed by atoms with van der Waals surface area (Å²) in [5.41, 5.74) is 0.546. The molecule has 1 fully saturated rings. The maximum Gasteiger partial charge on any atom is 0.120 e. The number of nitrogens with one attached hydrogen (secondary N) is 1. The summed E-state index contributed by atoms with van der Waals surface area (Å²) in [6.07, 6.45) is 8.12. The van der Waals surface area contributed by atoms with E-state index in [9.17, 15) is 0 Å². The predicted octanol–water partition coefficient (Wildman–Crippen LogP) is 4.29. The molecule has 0 spiro atoms. The minimum atomic E-state index is 0.385. The molecule has 0 bridgehead atoms. The zero-order chi connectivity index (χ0) is 12.3. The zero-order valence-corrected chi connectivity index (χ0v) is 11.3. The van der Waals surface area contributed by atoms with Gasteiger partial charge in [0.1, 0.15) is 5.76 Å². The normalized spacial score (nSPS) is 22.5. The summed E-state index contributed by atoms with van der Waals surface area (Å²) in [5, 5.41) is 3.75. The van der Waals surface area contributed by atoms with E-state index in [4.69, 9.17) is 4.42 Å². The van der Waals surface area contributed by atoms with Gasteiger partial charge in [-0.1, -0.05) is 20.8 Å². The van der Waals surface area contributed by atoms with E-state index in [2.05, 4.69) is 32.2 Å². The van der Waals surface area contributed by atoms with Gasteiger partial charge < -0.3 is 9.73 Å². The number of furan rings is 1. The van der Waals surface area contributed by atoms with Gasteiger partial charge in [-0.25, -0.2) is 0 Å². The van der Waals surface area contributed by atoms with Crippen LogP contribution >= 0.6 is 0 Å². The molecule has 0 aliphatic heterocycles. The lowest BCUT2D eigenvalue weighted by Crippen LogP contribution is -2.37. The van der Waals surface area contributed by atoms with Crippen LogP contribution in [0.25, 0.3) is 0 Å². The quantitative estimate of drug-likeness (QED) is 0.842. The maximum atomic E-state index is 5.51. The number of rotatable bonds is 4. The van der Waals surface area contributed by atoms with Crippen LogP contribution in [0.4, 0.5) is 0 Å². The highest BCUT2D eigenvalue weighted by Gasteiger charge is 2.28. The Morgan fingerprint density at radius 3 is 2.65 bits per heavy atom. The van der Waals surface area contributed by atoms with Gasteiger partial charge >= 0.3 is 0 Å². The molecule has 1 aliphatic carbocycles. The van der Waals surface area contributed by atoms with Crippen molar-refractivity contribution >= 4 is 0 Å². The average molecular weight is 235 g/mol. The highest BCUT2D eigenvalue weighted by atomic mass is 16.3. The van der Waals surface area contributed by atoms with Gasteiger partial charge in [-0.05, 0) is 49.7 Å². The first-order valence-corrected chi connectivity index (χ1v) is 6.90. The lowest BCUT2D eigenvalue weighted by Gasteiger charge is -2.36. The standard InChI is InChI=1S/C15H25NO/c1-4-13(14-6-5-11-17-14)16-12-7-9-15(2,3)10-8-12/h5-6,11-13,16H,4,7-10H2,1-3H3. The van der Waals surface area contributed by atoms with Gasteiger partial charge in [0, 0.05) is 6.04 Å². The summed E-state index contributed by atoms with van der Waals surface area (Å²) in [4.78, 5) is 0. The molecule has 1 aromatic rings. The van der Waals surface area contributed by atoms with E-state index in [0.717, 1.165) is 12.2 Å². The highest BCUT2D eigenvalue weighted by molar-refractivity contribution is 5.04. The summed E-state index contributed by atoms with van der Waals surface area (Å²) < 4.78 is 5.51. The van der Waals surface area contributed by atoms with Crippen molar-refractivity contribution in [3.8, 4) is 0 Å². The first-order chi connectivity index (χ1) is 8.11. The Bertz CT molecular complexity index is 319. The van der Waals surface area contributed by atoms with E-state index in [1.165, 1.54) is 25.7 Å². The van der Waals surface area contributed by atoms with Crippen molar-refractivity contribution in [2.24, 2.45) is 5.41 Å². The van der Waals surface area contributed by atoms with Gasteiger partial charge in [0.2, 0.25) is 0 Å². The minimum Gasteiger partial charge on any atom is -0.468 e. The van der Waals surface area contributed by atoms with Gasteiger partial charge in [-0.2, -0.15) is 0 Å². The molecular formula is C15H25NO. The predicted molar refractivity (Wildman–Crippen MR) is 70.9 cm³/mol. The van der Waals surface area contributed by atoms with Crippen LogP contribution in [0, 0.1) is 5.41 Å². The Morgan fingerprint density at radius 2 is 2.12 bits per heavy atom. The summed E-state index contributed by atoms with van der Waals surface area (Å²) in [6, 6.07) is 5.10. The van der Waals surface area contributed by atoms with Crippen LogP contribution in [-0.2, 0) is 0 Å². The third-order valence-electron chi connectivity index (χ3n) is 4.07. The molecule has 1 heterocycles. The summed E-state index contributed by atoms with van der Waals surface area (Å²) in [7, 11) is 0. The highest BCUT2D eigenvalue weighted by Crippen LogP contribution is 2.36. The van der Waals surface area contributed by atoms with E-state index in [1.807, 2.05) is 6.07 Å². The van der Waals surface area contributed by atoms with Crippen molar-refractivity contribution in [2.45, 2.75) is 65.0 Å². The second-order valence-corrected chi connectivity index (χ2v) is 6.08. The maximum absolute atomic E-state index is 5.51. The summed E-state index contributed by atoms with van der Waals surface area (Å²) >= 11 is 0. The van der Waals surface area contributed by atoms with Crippen molar-refractivity contribution in [2.75, 3.05) is 0 Å². The molecule has 1 unspecified atom stereocenters. The smallest absolute Gasteiger partial charge is 0.120 e. The second kappa shape index (κ2) is 5.26. The molecule has 1 saturated carbocycles. The van der Waals surface area contributed by atoms with Crippen LogP contribution in [-0.4, -0.2) is 6.04 Å². The van der Waals surface area contributed by atoms with Crippen LogP contribution < -0.4 is 5.32 Å². The molecule has 17 heavy (non-hydrogen) atoms.